The normalized spacial score (nSPS) is 19.7. The molecule has 0 radical (unpaired) electrons. The molecule has 6 nitrogen and oxygen atoms in total. The molecule has 1 aliphatic heterocycles. The van der Waals surface area contributed by atoms with Crippen LogP contribution in [0.15, 0.2) is 53.2 Å². The molecule has 2 N–H and O–H groups in total. The fraction of sp³-hybridized carbons (Fsp3) is 0.280. The Labute approximate surface area is 190 Å². The Morgan fingerprint density at radius 3 is 2.84 bits per heavy atom. The Bertz CT molecular complexity index is 1160. The van der Waals surface area contributed by atoms with Crippen molar-refractivity contribution in [1.82, 2.24) is 5.32 Å². The SMILES string of the molecule is CC[C@@H]1CCc2c(sc3c2C(=O)N[C@@H](c2ccc(OC(=O)/C=C/c4ccco4)cc2)N3)C1. The molecule has 0 bridgehead atoms. The number of carbonyl (C=O) groups excluding carboxylic acids is 2. The van der Waals surface area contributed by atoms with E-state index in [-0.39, 0.29) is 12.1 Å². The molecule has 32 heavy (non-hydrogen) atoms. The number of esters is 1. The first-order chi connectivity index (χ1) is 15.6. The summed E-state index contributed by atoms with van der Waals surface area (Å²) in [5.74, 6) is 1.22. The summed E-state index contributed by atoms with van der Waals surface area (Å²) in [5.41, 5.74) is 2.94. The summed E-state index contributed by atoms with van der Waals surface area (Å²) < 4.78 is 10.5. The molecule has 0 spiro atoms. The smallest absolute Gasteiger partial charge is 0.336 e. The first kappa shape index (κ1) is 20.6. The number of amides is 1. The van der Waals surface area contributed by atoms with Gasteiger partial charge < -0.3 is 19.8 Å². The maximum atomic E-state index is 12.9. The van der Waals surface area contributed by atoms with E-state index >= 15 is 0 Å². The summed E-state index contributed by atoms with van der Waals surface area (Å²) in [6, 6.07) is 10.6. The summed E-state index contributed by atoms with van der Waals surface area (Å²) in [6.45, 7) is 2.24. The van der Waals surface area contributed by atoms with E-state index in [2.05, 4.69) is 17.6 Å². The predicted molar refractivity (Wildman–Crippen MR) is 124 cm³/mol. The van der Waals surface area contributed by atoms with Crippen LogP contribution in [0, 0.1) is 5.92 Å². The predicted octanol–water partition coefficient (Wildman–Crippen LogP) is 5.33. The van der Waals surface area contributed by atoms with Crippen LogP contribution in [0.2, 0.25) is 0 Å². The average molecular weight is 449 g/mol. The Balaban J connectivity index is 1.27. The van der Waals surface area contributed by atoms with E-state index in [1.807, 2.05) is 12.1 Å². The second-order valence-corrected chi connectivity index (χ2v) is 9.22. The highest BCUT2D eigenvalue weighted by molar-refractivity contribution is 7.16. The van der Waals surface area contributed by atoms with E-state index < -0.39 is 5.97 Å². The van der Waals surface area contributed by atoms with Gasteiger partial charge >= 0.3 is 5.97 Å². The van der Waals surface area contributed by atoms with Gasteiger partial charge in [0, 0.05) is 11.0 Å². The maximum Gasteiger partial charge on any atom is 0.336 e. The molecule has 1 amide bonds. The molecule has 0 fully saturated rings. The first-order valence-electron chi connectivity index (χ1n) is 10.9. The molecule has 1 aromatic carbocycles. The first-order valence-corrected chi connectivity index (χ1v) is 11.7. The van der Waals surface area contributed by atoms with Crippen LogP contribution in [0.1, 0.15) is 58.1 Å². The third-order valence-electron chi connectivity index (χ3n) is 6.08. The van der Waals surface area contributed by atoms with Gasteiger partial charge in [0.15, 0.2) is 0 Å². The molecule has 5 rings (SSSR count). The van der Waals surface area contributed by atoms with E-state index in [9.17, 15) is 9.59 Å². The summed E-state index contributed by atoms with van der Waals surface area (Å²) in [6.07, 6.45) is 8.47. The van der Waals surface area contributed by atoms with Crippen LogP contribution in [-0.2, 0) is 17.6 Å². The lowest BCUT2D eigenvalue weighted by molar-refractivity contribution is -0.128. The minimum Gasteiger partial charge on any atom is -0.465 e. The van der Waals surface area contributed by atoms with Crippen LogP contribution in [0.5, 0.6) is 5.75 Å². The van der Waals surface area contributed by atoms with Gasteiger partial charge in [-0.3, -0.25) is 4.79 Å². The minimum atomic E-state index is -0.488. The Hall–Kier alpha value is -3.32. The van der Waals surface area contributed by atoms with Gasteiger partial charge in [0.25, 0.3) is 5.91 Å². The lowest BCUT2D eigenvalue weighted by Crippen LogP contribution is -2.38. The fourth-order valence-corrected chi connectivity index (χ4v) is 5.68. The van der Waals surface area contributed by atoms with Crippen LogP contribution in [0.25, 0.3) is 6.08 Å². The molecule has 2 atom stereocenters. The van der Waals surface area contributed by atoms with E-state index in [1.54, 1.807) is 41.7 Å². The molecule has 1 aliphatic carbocycles. The largest absolute Gasteiger partial charge is 0.465 e. The molecule has 3 heterocycles. The summed E-state index contributed by atoms with van der Waals surface area (Å²) in [5, 5.41) is 7.52. The van der Waals surface area contributed by atoms with Crippen molar-refractivity contribution in [1.29, 1.82) is 0 Å². The van der Waals surface area contributed by atoms with Crippen LogP contribution in [0.3, 0.4) is 0 Å². The van der Waals surface area contributed by atoms with Crippen molar-refractivity contribution in [2.45, 2.75) is 38.8 Å². The van der Waals surface area contributed by atoms with E-state index in [0.29, 0.717) is 17.4 Å². The van der Waals surface area contributed by atoms with Crippen LogP contribution in [-0.4, -0.2) is 11.9 Å². The number of nitrogens with one attached hydrogen (secondary N) is 2. The topological polar surface area (TPSA) is 80.6 Å². The maximum absolute atomic E-state index is 12.9. The molecule has 164 valence electrons. The monoisotopic (exact) mass is 448 g/mol. The van der Waals surface area contributed by atoms with Gasteiger partial charge in [-0.1, -0.05) is 25.5 Å². The fourth-order valence-electron chi connectivity index (χ4n) is 4.30. The molecule has 3 aromatic rings. The van der Waals surface area contributed by atoms with Crippen molar-refractivity contribution in [3.8, 4) is 5.75 Å². The van der Waals surface area contributed by atoms with Gasteiger partial charge in [-0.15, -0.1) is 11.3 Å². The number of thiophene rings is 1. The Morgan fingerprint density at radius 2 is 2.09 bits per heavy atom. The van der Waals surface area contributed by atoms with Gasteiger partial charge in [-0.2, -0.15) is 0 Å². The van der Waals surface area contributed by atoms with Crippen molar-refractivity contribution in [2.75, 3.05) is 5.32 Å². The molecule has 0 saturated heterocycles. The number of benzene rings is 1. The van der Waals surface area contributed by atoms with Crippen LogP contribution in [0.4, 0.5) is 5.00 Å². The van der Waals surface area contributed by atoms with Gasteiger partial charge in [-0.05, 0) is 66.6 Å². The minimum absolute atomic E-state index is 0.0187. The third-order valence-corrected chi connectivity index (χ3v) is 7.27. The summed E-state index contributed by atoms with van der Waals surface area (Å²) in [4.78, 5) is 26.3. The average Bonchev–Trinajstić information content (AvgIpc) is 3.45. The standard InChI is InChI=1S/C25H24N2O4S/c1-2-15-5-11-19-20(14-15)32-25-22(19)24(29)26-23(27-25)16-6-8-18(9-7-16)31-21(28)12-10-17-4-3-13-30-17/h3-4,6-10,12-13,15,23,27H,2,5,11,14H2,1H3,(H,26,29)/b12-10+/t15-,23-/m1/s1. The van der Waals surface area contributed by atoms with Gasteiger partial charge in [-0.25, -0.2) is 4.79 Å². The van der Waals surface area contributed by atoms with Crippen molar-refractivity contribution in [3.05, 3.63) is 76.1 Å². The molecular weight excluding hydrogens is 424 g/mol. The molecular formula is C25H24N2O4S. The van der Waals surface area contributed by atoms with Crippen molar-refractivity contribution < 1.29 is 18.7 Å². The zero-order valence-corrected chi connectivity index (χ0v) is 18.5. The molecule has 7 heteroatoms. The summed E-state index contributed by atoms with van der Waals surface area (Å²) >= 11 is 1.72. The highest BCUT2D eigenvalue weighted by atomic mass is 32.1. The lowest BCUT2D eigenvalue weighted by atomic mass is 9.85. The number of fused-ring (bicyclic) bond motifs is 3. The second-order valence-electron chi connectivity index (χ2n) is 8.11. The van der Waals surface area contributed by atoms with E-state index in [1.165, 1.54) is 29.2 Å². The highest BCUT2D eigenvalue weighted by Gasteiger charge is 2.33. The molecule has 2 aromatic heterocycles. The number of hydrogen-bond donors (Lipinski definition) is 2. The number of ether oxygens (including phenoxy) is 1. The number of rotatable bonds is 5. The van der Waals surface area contributed by atoms with E-state index in [0.717, 1.165) is 35.4 Å². The van der Waals surface area contributed by atoms with Crippen molar-refractivity contribution in [2.24, 2.45) is 5.92 Å². The van der Waals surface area contributed by atoms with Gasteiger partial charge in [0.2, 0.25) is 0 Å². The van der Waals surface area contributed by atoms with Crippen LogP contribution < -0.4 is 15.4 Å². The third kappa shape index (κ3) is 4.08. The summed E-state index contributed by atoms with van der Waals surface area (Å²) in [7, 11) is 0. The van der Waals surface area contributed by atoms with E-state index in [4.69, 9.17) is 9.15 Å². The number of anilines is 1. The van der Waals surface area contributed by atoms with Crippen LogP contribution >= 0.6 is 11.3 Å². The number of carbonyl (C=O) groups is 2. The highest BCUT2D eigenvalue weighted by Crippen LogP contribution is 2.43. The quantitative estimate of drug-likeness (QED) is 0.313. The molecule has 0 saturated carbocycles. The number of furan rings is 1. The zero-order valence-electron chi connectivity index (χ0n) is 17.7. The zero-order chi connectivity index (χ0) is 22.1. The van der Waals surface area contributed by atoms with Gasteiger partial charge in [0.05, 0.1) is 11.8 Å². The molecule has 2 aliphatic rings. The lowest BCUT2D eigenvalue weighted by Gasteiger charge is -2.27. The Kier molecular flexibility index (Phi) is 5.57. The van der Waals surface area contributed by atoms with Crippen molar-refractivity contribution in [3.63, 3.8) is 0 Å². The Morgan fingerprint density at radius 1 is 1.25 bits per heavy atom. The number of hydrogen-bond acceptors (Lipinski definition) is 6. The molecule has 0 unspecified atom stereocenters. The van der Waals surface area contributed by atoms with Gasteiger partial charge in [0.1, 0.15) is 22.7 Å². The van der Waals surface area contributed by atoms with Crippen molar-refractivity contribution >= 4 is 34.3 Å². The second kappa shape index (κ2) is 8.67.